The first-order chi connectivity index (χ1) is 12.4. The van der Waals surface area contributed by atoms with Gasteiger partial charge in [0.15, 0.2) is 0 Å². The third-order valence-corrected chi connectivity index (χ3v) is 4.49. The summed E-state index contributed by atoms with van der Waals surface area (Å²) >= 11 is 0. The van der Waals surface area contributed by atoms with Crippen molar-refractivity contribution in [3.8, 4) is 0 Å². The average Bonchev–Trinajstić information content (AvgIpc) is 2.64. The molecule has 2 aromatic carbocycles. The Bertz CT molecular complexity index is 799. The highest BCUT2D eigenvalue weighted by Crippen LogP contribution is 2.37. The third kappa shape index (κ3) is 3.90. The van der Waals surface area contributed by atoms with Crippen LogP contribution in [0.25, 0.3) is 0 Å². The minimum absolute atomic E-state index is 0.149. The van der Waals surface area contributed by atoms with Gasteiger partial charge in [0.2, 0.25) is 5.91 Å². The van der Waals surface area contributed by atoms with Gasteiger partial charge in [-0.25, -0.2) is 0 Å². The first-order valence-electron chi connectivity index (χ1n) is 8.31. The Kier molecular flexibility index (Phi) is 5.02. The van der Waals surface area contributed by atoms with Crippen molar-refractivity contribution in [2.24, 2.45) is 5.92 Å². The summed E-state index contributed by atoms with van der Waals surface area (Å²) in [5.74, 6) is -0.0824. The Balaban J connectivity index is 1.87. The van der Waals surface area contributed by atoms with Crippen molar-refractivity contribution in [3.05, 3.63) is 72.3 Å². The molecule has 0 aliphatic carbocycles. The lowest BCUT2D eigenvalue weighted by atomic mass is 9.91. The number of benzene rings is 2. The number of alkyl halides is 3. The number of para-hydroxylation sites is 1. The molecule has 0 fully saturated rings. The smallest absolute Gasteiger partial charge is 0.352 e. The molecule has 1 aliphatic rings. The van der Waals surface area contributed by atoms with Crippen molar-refractivity contribution in [2.45, 2.75) is 12.6 Å². The number of hydrogen-bond acceptors (Lipinski definition) is 2. The number of rotatable bonds is 4. The largest absolute Gasteiger partial charge is 0.416 e. The number of hydrogen-bond donors (Lipinski definition) is 1. The SMILES string of the molecule is C=CC(=O)NC[C@H]1Cc2ccccc2N(c2ccc(C(F)(F)F)cc2)C1. The zero-order chi connectivity index (χ0) is 18.7. The molecule has 2 aromatic rings. The van der Waals surface area contributed by atoms with Crippen molar-refractivity contribution in [3.63, 3.8) is 0 Å². The summed E-state index contributed by atoms with van der Waals surface area (Å²) in [6.07, 6.45) is -2.33. The van der Waals surface area contributed by atoms with Crippen LogP contribution in [0.3, 0.4) is 0 Å². The summed E-state index contributed by atoms with van der Waals surface area (Å²) in [6.45, 7) is 4.53. The van der Waals surface area contributed by atoms with Crippen LogP contribution in [-0.4, -0.2) is 19.0 Å². The van der Waals surface area contributed by atoms with Gasteiger partial charge in [0.05, 0.1) is 5.56 Å². The molecule has 3 nitrogen and oxygen atoms in total. The molecule has 1 amide bonds. The molecule has 1 aliphatic heterocycles. The topological polar surface area (TPSA) is 32.3 Å². The van der Waals surface area contributed by atoms with Crippen molar-refractivity contribution in [1.29, 1.82) is 0 Å². The maximum Gasteiger partial charge on any atom is 0.416 e. The summed E-state index contributed by atoms with van der Waals surface area (Å²) in [5, 5.41) is 2.80. The normalized spacial score (nSPS) is 16.7. The lowest BCUT2D eigenvalue weighted by Gasteiger charge is -2.36. The maximum atomic E-state index is 12.8. The summed E-state index contributed by atoms with van der Waals surface area (Å²) in [7, 11) is 0. The van der Waals surface area contributed by atoms with Crippen LogP contribution in [0.4, 0.5) is 24.5 Å². The minimum atomic E-state index is -4.35. The van der Waals surface area contributed by atoms with Gasteiger partial charge in [0.1, 0.15) is 0 Å². The number of nitrogens with one attached hydrogen (secondary N) is 1. The van der Waals surface area contributed by atoms with Gasteiger partial charge in [-0.2, -0.15) is 13.2 Å². The van der Waals surface area contributed by atoms with Gasteiger partial charge in [0, 0.05) is 24.5 Å². The molecular formula is C20H19F3N2O. The van der Waals surface area contributed by atoms with Gasteiger partial charge in [-0.1, -0.05) is 24.8 Å². The van der Waals surface area contributed by atoms with E-state index in [1.807, 2.05) is 29.2 Å². The Morgan fingerprint density at radius 2 is 1.88 bits per heavy atom. The van der Waals surface area contributed by atoms with Gasteiger partial charge in [0.25, 0.3) is 0 Å². The van der Waals surface area contributed by atoms with E-state index in [4.69, 9.17) is 0 Å². The van der Waals surface area contributed by atoms with Crippen molar-refractivity contribution < 1.29 is 18.0 Å². The Morgan fingerprint density at radius 1 is 1.19 bits per heavy atom. The second kappa shape index (κ2) is 7.23. The first kappa shape index (κ1) is 18.0. The molecule has 0 unspecified atom stereocenters. The number of halogens is 3. The number of nitrogens with zero attached hydrogens (tertiary/aromatic N) is 1. The standard InChI is InChI=1S/C20H19F3N2O/c1-2-19(26)24-12-14-11-15-5-3-4-6-18(15)25(13-14)17-9-7-16(8-10-17)20(21,22)23/h2-10,14H,1,11-13H2,(H,24,26)/t14-/m1/s1. The van der Waals surface area contributed by atoms with Crippen LogP contribution < -0.4 is 10.2 Å². The fourth-order valence-corrected chi connectivity index (χ4v) is 3.21. The molecule has 26 heavy (non-hydrogen) atoms. The molecule has 0 radical (unpaired) electrons. The van der Waals surface area contributed by atoms with Gasteiger partial charge >= 0.3 is 6.18 Å². The van der Waals surface area contributed by atoms with Crippen LogP contribution >= 0.6 is 0 Å². The number of anilines is 2. The lowest BCUT2D eigenvalue weighted by Crippen LogP contribution is -2.38. The second-order valence-corrected chi connectivity index (χ2v) is 6.30. The van der Waals surface area contributed by atoms with Crippen molar-refractivity contribution in [2.75, 3.05) is 18.0 Å². The predicted octanol–water partition coefficient (Wildman–Crippen LogP) is 4.32. The monoisotopic (exact) mass is 360 g/mol. The zero-order valence-electron chi connectivity index (χ0n) is 14.1. The van der Waals surface area contributed by atoms with E-state index in [9.17, 15) is 18.0 Å². The summed E-state index contributed by atoms with van der Waals surface area (Å²) in [4.78, 5) is 13.4. The van der Waals surface area contributed by atoms with E-state index < -0.39 is 11.7 Å². The number of amides is 1. The fraction of sp³-hybridized carbons (Fsp3) is 0.250. The third-order valence-electron chi connectivity index (χ3n) is 4.49. The van der Waals surface area contributed by atoms with Crippen LogP contribution in [0.15, 0.2) is 61.2 Å². The summed E-state index contributed by atoms with van der Waals surface area (Å²) < 4.78 is 38.4. The molecule has 3 rings (SSSR count). The zero-order valence-corrected chi connectivity index (χ0v) is 14.1. The number of carbonyl (C=O) groups excluding carboxylic acids is 1. The van der Waals surface area contributed by atoms with E-state index in [0.717, 1.165) is 29.8 Å². The molecule has 1 atom stereocenters. The van der Waals surface area contributed by atoms with E-state index in [1.54, 1.807) is 0 Å². The van der Waals surface area contributed by atoms with Gasteiger partial charge in [-0.3, -0.25) is 4.79 Å². The van der Waals surface area contributed by atoms with Gasteiger partial charge < -0.3 is 10.2 Å². The van der Waals surface area contributed by atoms with Crippen LogP contribution in [0.1, 0.15) is 11.1 Å². The Labute approximate surface area is 150 Å². The lowest BCUT2D eigenvalue weighted by molar-refractivity contribution is -0.137. The molecule has 0 saturated carbocycles. The van der Waals surface area contributed by atoms with Crippen LogP contribution in [0.2, 0.25) is 0 Å². The highest BCUT2D eigenvalue weighted by atomic mass is 19.4. The minimum Gasteiger partial charge on any atom is -0.352 e. The Morgan fingerprint density at radius 3 is 2.54 bits per heavy atom. The van der Waals surface area contributed by atoms with Crippen molar-refractivity contribution in [1.82, 2.24) is 5.32 Å². The molecule has 0 bridgehead atoms. The van der Waals surface area contributed by atoms with E-state index in [2.05, 4.69) is 11.9 Å². The van der Waals surface area contributed by atoms with Gasteiger partial charge in [-0.15, -0.1) is 0 Å². The van der Waals surface area contributed by atoms with Crippen LogP contribution in [0.5, 0.6) is 0 Å². The highest BCUT2D eigenvalue weighted by molar-refractivity contribution is 5.86. The van der Waals surface area contributed by atoms with E-state index in [0.29, 0.717) is 18.8 Å². The average molecular weight is 360 g/mol. The molecule has 6 heteroatoms. The quantitative estimate of drug-likeness (QED) is 0.824. The van der Waals surface area contributed by atoms with E-state index >= 15 is 0 Å². The highest BCUT2D eigenvalue weighted by Gasteiger charge is 2.31. The number of carbonyl (C=O) groups is 1. The second-order valence-electron chi connectivity index (χ2n) is 6.30. The van der Waals surface area contributed by atoms with Crippen LogP contribution in [0, 0.1) is 5.92 Å². The molecule has 1 N–H and O–H groups in total. The fourth-order valence-electron chi connectivity index (χ4n) is 3.21. The van der Waals surface area contributed by atoms with E-state index in [1.165, 1.54) is 18.2 Å². The number of fused-ring (bicyclic) bond motifs is 1. The summed E-state index contributed by atoms with van der Waals surface area (Å²) in [6, 6.07) is 13.0. The first-order valence-corrected chi connectivity index (χ1v) is 8.31. The summed E-state index contributed by atoms with van der Waals surface area (Å²) in [5.41, 5.74) is 2.13. The van der Waals surface area contributed by atoms with Crippen LogP contribution in [-0.2, 0) is 17.4 Å². The molecular weight excluding hydrogens is 341 g/mol. The van der Waals surface area contributed by atoms with Crippen molar-refractivity contribution >= 4 is 17.3 Å². The Hall–Kier alpha value is -2.76. The molecule has 136 valence electrons. The predicted molar refractivity (Wildman–Crippen MR) is 95.3 cm³/mol. The molecule has 0 aromatic heterocycles. The van der Waals surface area contributed by atoms with Gasteiger partial charge in [-0.05, 0) is 54.3 Å². The molecule has 0 saturated heterocycles. The molecule has 0 spiro atoms. The van der Waals surface area contributed by atoms with E-state index in [-0.39, 0.29) is 11.8 Å². The molecule has 1 heterocycles. The maximum absolute atomic E-state index is 12.8.